The molecule has 1 rings (SSSR count). The maximum Gasteiger partial charge on any atom is 0.264 e. The van der Waals surface area contributed by atoms with Crippen LogP contribution in [0.15, 0.2) is 0 Å². The largest absolute Gasteiger partial charge is 0.758 e. The monoisotopic (exact) mass is 312 g/mol. The molecule has 0 aromatic rings. The summed E-state index contributed by atoms with van der Waals surface area (Å²) in [7, 11) is 0. The van der Waals surface area contributed by atoms with Gasteiger partial charge in [0.15, 0.2) is 0 Å². The van der Waals surface area contributed by atoms with Crippen molar-refractivity contribution in [2.24, 2.45) is 0 Å². The van der Waals surface area contributed by atoms with Crippen molar-refractivity contribution in [3.8, 4) is 0 Å². The molecule has 0 N–H and O–H groups in total. The third kappa shape index (κ3) is 1.98. The van der Waals surface area contributed by atoms with E-state index < -0.39 is 18.0 Å². The van der Waals surface area contributed by atoms with Crippen LogP contribution in [0.2, 0.25) is 0 Å². The summed E-state index contributed by atoms with van der Waals surface area (Å²) in [5.41, 5.74) is -0.625. The molecule has 1 nitrogen and oxygen atoms in total. The molecule has 1 radical (unpaired) electrons. The molecule has 8 heavy (non-hydrogen) atoms. The van der Waals surface area contributed by atoms with Crippen LogP contribution in [-0.4, -0.2) is 18.0 Å². The Kier molecular flexibility index (Phi) is 3.44. The Bertz CT molecular complexity index is 81.7. The number of hydrogen-bond donors (Lipinski definition) is 0. The smallest absolute Gasteiger partial charge is 0.264 e. The van der Waals surface area contributed by atoms with Crippen molar-refractivity contribution in [2.75, 3.05) is 0 Å². The number of epoxide rings is 1. The van der Waals surface area contributed by atoms with Gasteiger partial charge < -0.3 is 17.4 Å². The molecular formula is C3H3F2OReS-. The predicted molar refractivity (Wildman–Crippen MR) is 22.0 cm³/mol. The first-order valence-electron chi connectivity index (χ1n) is 1.81. The molecule has 49 valence electrons. The number of halogens is 2. The Morgan fingerprint density at radius 1 is 1.50 bits per heavy atom. The molecule has 1 fully saturated rings. The summed E-state index contributed by atoms with van der Waals surface area (Å²) < 4.78 is 26.8. The van der Waals surface area contributed by atoms with E-state index in [9.17, 15) is 8.78 Å². The quantitative estimate of drug-likeness (QED) is 0.517. The second-order valence-corrected chi connectivity index (χ2v) is 1.77. The molecule has 0 aromatic heterocycles. The molecule has 1 aliphatic heterocycles. The van der Waals surface area contributed by atoms with Gasteiger partial charge in [0, 0.05) is 20.4 Å². The molecule has 0 saturated carbocycles. The fraction of sp³-hybridized carbons (Fsp3) is 1.00. The number of ether oxygens (including phenoxy) is 1. The predicted octanol–water partition coefficient (Wildman–Crippen LogP) is 0.521. The molecule has 0 spiro atoms. The average molecular weight is 311 g/mol. The van der Waals surface area contributed by atoms with Crippen LogP contribution in [0.25, 0.3) is 0 Å². The van der Waals surface area contributed by atoms with Gasteiger partial charge in [-0.05, 0) is 5.44 Å². The fourth-order valence-electron chi connectivity index (χ4n) is 0.288. The summed E-state index contributed by atoms with van der Waals surface area (Å²) in [6.07, 6.45) is -3.34. The van der Waals surface area contributed by atoms with E-state index in [1.165, 1.54) is 0 Å². The van der Waals surface area contributed by atoms with Crippen LogP contribution in [0.1, 0.15) is 0 Å². The summed E-state index contributed by atoms with van der Waals surface area (Å²) in [5.74, 6) is 0. The van der Waals surface area contributed by atoms with Gasteiger partial charge >= 0.3 is 0 Å². The second-order valence-electron chi connectivity index (χ2n) is 1.30. The van der Waals surface area contributed by atoms with Gasteiger partial charge in [0.25, 0.3) is 6.43 Å². The zero-order valence-corrected chi connectivity index (χ0v) is 7.21. The molecule has 1 aliphatic rings. The first kappa shape index (κ1) is 8.83. The standard InChI is InChI=1S/C3H4F2OS.Re/c4-2(5)1-3(7)6-1;/h1-3,7H;/p-1. The SMILES string of the molecule is FC(F)C1OC1[S-].[Re]. The summed E-state index contributed by atoms with van der Waals surface area (Å²) in [4.78, 5) is 0. The minimum atomic E-state index is -2.39. The number of hydrogen-bond acceptors (Lipinski definition) is 2. The molecule has 1 saturated heterocycles. The minimum Gasteiger partial charge on any atom is -0.758 e. The van der Waals surface area contributed by atoms with Crippen molar-refractivity contribution in [3.63, 3.8) is 0 Å². The van der Waals surface area contributed by atoms with Crippen LogP contribution in [0.3, 0.4) is 0 Å². The molecule has 1 heterocycles. The Balaban J connectivity index is 0.000000490. The van der Waals surface area contributed by atoms with Crippen LogP contribution >= 0.6 is 0 Å². The van der Waals surface area contributed by atoms with Gasteiger partial charge in [-0.2, -0.15) is 0 Å². The maximum atomic E-state index is 11.3. The Hall–Kier alpha value is 0.832. The molecule has 0 amide bonds. The van der Waals surface area contributed by atoms with E-state index in [0.717, 1.165) is 0 Å². The Morgan fingerprint density at radius 3 is 1.88 bits per heavy atom. The normalized spacial score (nSPS) is 34.5. The first-order chi connectivity index (χ1) is 3.22. The van der Waals surface area contributed by atoms with E-state index in [1.807, 2.05) is 0 Å². The van der Waals surface area contributed by atoms with Gasteiger partial charge in [0.2, 0.25) is 0 Å². The molecular weight excluding hydrogens is 308 g/mol. The van der Waals surface area contributed by atoms with Gasteiger partial charge in [0.05, 0.1) is 0 Å². The second kappa shape index (κ2) is 3.12. The molecule has 0 bridgehead atoms. The fourth-order valence-corrected chi connectivity index (χ4v) is 0.535. The zero-order chi connectivity index (χ0) is 5.44. The van der Waals surface area contributed by atoms with Crippen LogP contribution in [-0.2, 0) is 37.8 Å². The molecule has 0 aromatic carbocycles. The first-order valence-corrected chi connectivity index (χ1v) is 2.28. The summed E-state index contributed by atoms with van der Waals surface area (Å²) in [5, 5.41) is 0. The van der Waals surface area contributed by atoms with Gasteiger partial charge in [-0.1, -0.05) is 0 Å². The number of rotatable bonds is 1. The van der Waals surface area contributed by atoms with E-state index in [4.69, 9.17) is 0 Å². The van der Waals surface area contributed by atoms with Crippen LogP contribution in [0.5, 0.6) is 0 Å². The van der Waals surface area contributed by atoms with Crippen molar-refractivity contribution in [3.05, 3.63) is 0 Å². The van der Waals surface area contributed by atoms with Gasteiger partial charge in [-0.15, -0.1) is 0 Å². The van der Waals surface area contributed by atoms with Gasteiger partial charge in [0.1, 0.15) is 6.10 Å². The van der Waals surface area contributed by atoms with Gasteiger partial charge in [-0.25, -0.2) is 8.78 Å². The molecule has 0 aliphatic carbocycles. The van der Waals surface area contributed by atoms with Crippen molar-refractivity contribution in [1.29, 1.82) is 0 Å². The zero-order valence-electron chi connectivity index (χ0n) is 3.68. The Labute approximate surface area is 64.8 Å². The third-order valence-corrected chi connectivity index (χ3v) is 1.11. The molecule has 2 atom stereocenters. The van der Waals surface area contributed by atoms with Crippen molar-refractivity contribution >= 4 is 12.6 Å². The topological polar surface area (TPSA) is 12.5 Å². The van der Waals surface area contributed by atoms with Crippen LogP contribution < -0.4 is 0 Å². The van der Waals surface area contributed by atoms with Crippen LogP contribution in [0, 0.1) is 0 Å². The van der Waals surface area contributed by atoms with E-state index in [1.54, 1.807) is 0 Å². The average Bonchev–Trinajstić information content (AvgIpc) is 2.17. The van der Waals surface area contributed by atoms with E-state index in [0.29, 0.717) is 0 Å². The van der Waals surface area contributed by atoms with E-state index >= 15 is 0 Å². The van der Waals surface area contributed by atoms with Crippen molar-refractivity contribution < 1.29 is 33.9 Å². The summed E-state index contributed by atoms with van der Waals surface area (Å²) >= 11 is 4.33. The maximum absolute atomic E-state index is 11.3. The minimum absolute atomic E-state index is 0. The van der Waals surface area contributed by atoms with Gasteiger partial charge in [-0.3, -0.25) is 0 Å². The molecule has 5 heteroatoms. The van der Waals surface area contributed by atoms with E-state index in [2.05, 4.69) is 17.4 Å². The van der Waals surface area contributed by atoms with Crippen LogP contribution in [0.4, 0.5) is 8.78 Å². The number of alkyl halides is 2. The van der Waals surface area contributed by atoms with Crippen molar-refractivity contribution in [1.82, 2.24) is 0 Å². The van der Waals surface area contributed by atoms with E-state index in [-0.39, 0.29) is 20.4 Å². The van der Waals surface area contributed by atoms with Crippen molar-refractivity contribution in [2.45, 2.75) is 18.0 Å². The summed E-state index contributed by atoms with van der Waals surface area (Å²) in [6.45, 7) is 0. The third-order valence-electron chi connectivity index (χ3n) is 0.731. The summed E-state index contributed by atoms with van der Waals surface area (Å²) in [6, 6.07) is 0. The molecule has 2 unspecified atom stereocenters. The Morgan fingerprint density at radius 2 is 1.88 bits per heavy atom.